The summed E-state index contributed by atoms with van der Waals surface area (Å²) in [6.07, 6.45) is 0. The zero-order valence-corrected chi connectivity index (χ0v) is 13.0. The molecule has 1 aromatic heterocycles. The van der Waals surface area contributed by atoms with Gasteiger partial charge in [-0.1, -0.05) is 0 Å². The summed E-state index contributed by atoms with van der Waals surface area (Å²) < 4.78 is 1.75. The van der Waals surface area contributed by atoms with Crippen LogP contribution in [-0.2, 0) is 6.54 Å². The van der Waals surface area contributed by atoms with Crippen LogP contribution >= 0.6 is 43.2 Å². The number of nitrogens with one attached hydrogen (secondary N) is 1. The second kappa shape index (κ2) is 5.81. The van der Waals surface area contributed by atoms with Crippen LogP contribution in [-0.4, -0.2) is 4.92 Å². The van der Waals surface area contributed by atoms with Gasteiger partial charge >= 0.3 is 0 Å². The standard InChI is InChI=1S/C11H8Br2N2O2S/c12-9-3-8(15(16)17)1-2-11(9)14-4-7-5-18-6-10(7)13/h1-3,5-6,14H,4H2. The molecule has 0 spiro atoms. The van der Waals surface area contributed by atoms with Gasteiger partial charge in [-0.05, 0) is 48.9 Å². The average molecular weight is 392 g/mol. The van der Waals surface area contributed by atoms with Crippen molar-refractivity contribution in [3.63, 3.8) is 0 Å². The van der Waals surface area contributed by atoms with Gasteiger partial charge in [-0.3, -0.25) is 10.1 Å². The number of nitro groups is 1. The minimum atomic E-state index is -0.413. The van der Waals surface area contributed by atoms with E-state index in [1.165, 1.54) is 12.1 Å². The molecule has 2 aromatic rings. The first-order valence-corrected chi connectivity index (χ1v) is 7.49. The highest BCUT2D eigenvalue weighted by Crippen LogP contribution is 2.28. The first kappa shape index (κ1) is 13.5. The van der Waals surface area contributed by atoms with Gasteiger partial charge in [-0.25, -0.2) is 0 Å². The molecule has 0 unspecified atom stereocenters. The number of thiophene rings is 1. The Labute approximate surface area is 124 Å². The van der Waals surface area contributed by atoms with Gasteiger partial charge in [0.2, 0.25) is 0 Å². The summed E-state index contributed by atoms with van der Waals surface area (Å²) in [4.78, 5) is 10.2. The van der Waals surface area contributed by atoms with Crippen LogP contribution in [0.2, 0.25) is 0 Å². The number of rotatable bonds is 4. The topological polar surface area (TPSA) is 55.2 Å². The van der Waals surface area contributed by atoms with E-state index in [1.54, 1.807) is 17.4 Å². The molecule has 0 aliphatic carbocycles. The van der Waals surface area contributed by atoms with Crippen molar-refractivity contribution in [2.45, 2.75) is 6.54 Å². The molecule has 4 nitrogen and oxygen atoms in total. The van der Waals surface area contributed by atoms with Crippen LogP contribution in [0, 0.1) is 10.1 Å². The van der Waals surface area contributed by atoms with E-state index in [0.717, 1.165) is 15.7 Å². The van der Waals surface area contributed by atoms with E-state index in [4.69, 9.17) is 0 Å². The fraction of sp³-hybridized carbons (Fsp3) is 0.0909. The maximum Gasteiger partial charge on any atom is 0.270 e. The Balaban J connectivity index is 2.11. The molecule has 0 aliphatic heterocycles. The summed E-state index contributed by atoms with van der Waals surface area (Å²) in [5.41, 5.74) is 2.06. The van der Waals surface area contributed by atoms with Crippen LogP contribution in [0.3, 0.4) is 0 Å². The molecule has 0 saturated heterocycles. The van der Waals surface area contributed by atoms with E-state index in [-0.39, 0.29) is 5.69 Å². The normalized spacial score (nSPS) is 10.3. The first-order chi connectivity index (χ1) is 8.58. The van der Waals surface area contributed by atoms with E-state index < -0.39 is 4.92 Å². The van der Waals surface area contributed by atoms with Crippen molar-refractivity contribution in [3.05, 3.63) is 53.6 Å². The molecule has 0 amide bonds. The van der Waals surface area contributed by atoms with Crippen molar-refractivity contribution in [3.8, 4) is 0 Å². The quantitative estimate of drug-likeness (QED) is 0.601. The largest absolute Gasteiger partial charge is 0.380 e. The van der Waals surface area contributed by atoms with E-state index in [1.807, 2.05) is 5.38 Å². The van der Waals surface area contributed by atoms with E-state index in [9.17, 15) is 10.1 Å². The average Bonchev–Trinajstić information content (AvgIpc) is 2.73. The van der Waals surface area contributed by atoms with Gasteiger partial charge in [0.25, 0.3) is 5.69 Å². The number of anilines is 1. The number of hydrogen-bond donors (Lipinski definition) is 1. The highest BCUT2D eigenvalue weighted by molar-refractivity contribution is 9.11. The Morgan fingerprint density at radius 1 is 1.28 bits per heavy atom. The molecule has 7 heteroatoms. The number of nitrogens with zero attached hydrogens (tertiary/aromatic N) is 1. The monoisotopic (exact) mass is 390 g/mol. The zero-order chi connectivity index (χ0) is 13.1. The van der Waals surface area contributed by atoms with Gasteiger partial charge in [-0.15, -0.1) is 0 Å². The zero-order valence-electron chi connectivity index (χ0n) is 9.02. The molecule has 0 radical (unpaired) electrons. The SMILES string of the molecule is O=[N+]([O-])c1ccc(NCc2cscc2Br)c(Br)c1. The van der Waals surface area contributed by atoms with Gasteiger partial charge in [-0.2, -0.15) is 11.3 Å². The van der Waals surface area contributed by atoms with Crippen LogP contribution in [0.25, 0.3) is 0 Å². The lowest BCUT2D eigenvalue weighted by molar-refractivity contribution is -0.384. The van der Waals surface area contributed by atoms with Crippen LogP contribution in [0.15, 0.2) is 37.9 Å². The number of nitro benzene ring substituents is 1. The second-order valence-electron chi connectivity index (χ2n) is 3.52. The second-order valence-corrected chi connectivity index (χ2v) is 5.97. The fourth-order valence-electron chi connectivity index (χ4n) is 1.39. The van der Waals surface area contributed by atoms with Crippen LogP contribution in [0.1, 0.15) is 5.56 Å². The van der Waals surface area contributed by atoms with Crippen LogP contribution < -0.4 is 5.32 Å². The number of halogens is 2. The molecule has 0 bridgehead atoms. The molecule has 0 saturated carbocycles. The number of hydrogen-bond acceptors (Lipinski definition) is 4. The summed E-state index contributed by atoms with van der Waals surface area (Å²) >= 11 is 8.40. The van der Waals surface area contributed by atoms with Crippen molar-refractivity contribution in [1.82, 2.24) is 0 Å². The lowest BCUT2D eigenvalue weighted by Gasteiger charge is -2.07. The molecular formula is C11H8Br2N2O2S. The van der Waals surface area contributed by atoms with Gasteiger partial charge < -0.3 is 5.32 Å². The predicted octanol–water partition coefficient (Wildman–Crippen LogP) is 4.79. The highest BCUT2D eigenvalue weighted by Gasteiger charge is 2.09. The van der Waals surface area contributed by atoms with Crippen molar-refractivity contribution >= 4 is 54.6 Å². The minimum absolute atomic E-state index is 0.0733. The van der Waals surface area contributed by atoms with E-state index in [2.05, 4.69) is 42.6 Å². The molecule has 18 heavy (non-hydrogen) atoms. The summed E-state index contributed by atoms with van der Waals surface area (Å²) in [7, 11) is 0. The summed E-state index contributed by atoms with van der Waals surface area (Å²) in [5, 5.41) is 17.9. The van der Waals surface area contributed by atoms with Gasteiger partial charge in [0.15, 0.2) is 0 Å². The molecule has 1 N–H and O–H groups in total. The van der Waals surface area contributed by atoms with Gasteiger partial charge in [0.1, 0.15) is 0 Å². The lowest BCUT2D eigenvalue weighted by Crippen LogP contribution is -2.00. The highest BCUT2D eigenvalue weighted by atomic mass is 79.9. The van der Waals surface area contributed by atoms with E-state index >= 15 is 0 Å². The fourth-order valence-corrected chi connectivity index (χ4v) is 3.34. The molecular weight excluding hydrogens is 384 g/mol. The minimum Gasteiger partial charge on any atom is -0.380 e. The molecule has 1 heterocycles. The van der Waals surface area contributed by atoms with Gasteiger partial charge in [0.05, 0.1) is 4.92 Å². The Bertz CT molecular complexity index is 586. The number of benzene rings is 1. The third-order valence-corrected chi connectivity index (χ3v) is 4.81. The Morgan fingerprint density at radius 2 is 2.06 bits per heavy atom. The van der Waals surface area contributed by atoms with Crippen molar-refractivity contribution < 1.29 is 4.92 Å². The molecule has 2 rings (SSSR count). The lowest BCUT2D eigenvalue weighted by atomic mass is 10.2. The van der Waals surface area contributed by atoms with Crippen LogP contribution in [0.5, 0.6) is 0 Å². The Morgan fingerprint density at radius 3 is 2.61 bits per heavy atom. The Hall–Kier alpha value is -0.920. The van der Waals surface area contributed by atoms with Crippen molar-refractivity contribution in [1.29, 1.82) is 0 Å². The molecule has 0 fully saturated rings. The summed E-state index contributed by atoms with van der Waals surface area (Å²) in [5.74, 6) is 0. The van der Waals surface area contributed by atoms with E-state index in [0.29, 0.717) is 11.0 Å². The summed E-state index contributed by atoms with van der Waals surface area (Å²) in [6, 6.07) is 4.67. The van der Waals surface area contributed by atoms with Crippen molar-refractivity contribution in [2.75, 3.05) is 5.32 Å². The third kappa shape index (κ3) is 3.09. The maximum atomic E-state index is 10.6. The molecule has 0 atom stereocenters. The smallest absolute Gasteiger partial charge is 0.270 e. The number of non-ortho nitro benzene ring substituents is 1. The Kier molecular flexibility index (Phi) is 4.36. The third-order valence-electron chi connectivity index (χ3n) is 2.32. The molecule has 1 aromatic carbocycles. The molecule has 0 aliphatic rings. The van der Waals surface area contributed by atoms with Gasteiger partial charge in [0, 0.05) is 38.7 Å². The summed E-state index contributed by atoms with van der Waals surface area (Å²) in [6.45, 7) is 0.667. The predicted molar refractivity (Wildman–Crippen MR) is 80.1 cm³/mol. The maximum absolute atomic E-state index is 10.6. The first-order valence-electron chi connectivity index (χ1n) is 4.96. The van der Waals surface area contributed by atoms with Crippen molar-refractivity contribution in [2.24, 2.45) is 0 Å². The van der Waals surface area contributed by atoms with Crippen LogP contribution in [0.4, 0.5) is 11.4 Å². The molecule has 94 valence electrons.